The minimum atomic E-state index is -0.194. The number of para-hydroxylation sites is 2. The van der Waals surface area contributed by atoms with Crippen molar-refractivity contribution in [1.82, 2.24) is 14.5 Å². The van der Waals surface area contributed by atoms with Crippen molar-refractivity contribution < 1.29 is 4.79 Å². The number of nitrogens with one attached hydrogen (secondary N) is 1. The number of nitrogens with zero attached hydrogens (tertiary/aromatic N) is 3. The highest BCUT2D eigenvalue weighted by Gasteiger charge is 2.11. The number of imidazole rings is 1. The van der Waals surface area contributed by atoms with Crippen molar-refractivity contribution >= 4 is 22.9 Å². The number of amides is 1. The van der Waals surface area contributed by atoms with Crippen LogP contribution in [0.25, 0.3) is 11.0 Å². The van der Waals surface area contributed by atoms with Crippen molar-refractivity contribution in [3.8, 4) is 0 Å². The fraction of sp³-hybridized carbons (Fsp3) is 0.0714. The van der Waals surface area contributed by atoms with Crippen LogP contribution in [0.5, 0.6) is 0 Å². The number of hydrogen-bond donors (Lipinski definition) is 1. The van der Waals surface area contributed by atoms with Gasteiger partial charge < -0.3 is 4.57 Å². The fourth-order valence-electron chi connectivity index (χ4n) is 1.93. The largest absolute Gasteiger partial charge is 0.313 e. The smallest absolute Gasteiger partial charge is 0.258 e. The van der Waals surface area contributed by atoms with Crippen LogP contribution in [0.3, 0.4) is 0 Å². The van der Waals surface area contributed by atoms with Crippen molar-refractivity contribution in [2.75, 3.05) is 5.32 Å². The lowest BCUT2D eigenvalue weighted by atomic mass is 10.2. The first-order valence-electron chi connectivity index (χ1n) is 5.88. The molecule has 2 heterocycles. The maximum atomic E-state index is 12.1. The maximum absolute atomic E-state index is 12.1. The molecule has 19 heavy (non-hydrogen) atoms. The number of fused-ring (bicyclic) bond motifs is 1. The van der Waals surface area contributed by atoms with Gasteiger partial charge in [0, 0.05) is 25.0 Å². The Morgan fingerprint density at radius 2 is 1.89 bits per heavy atom. The molecule has 0 aliphatic carbocycles. The molecule has 1 aromatic carbocycles. The zero-order valence-electron chi connectivity index (χ0n) is 10.4. The second-order valence-corrected chi connectivity index (χ2v) is 4.17. The normalized spacial score (nSPS) is 10.6. The van der Waals surface area contributed by atoms with Gasteiger partial charge in [-0.15, -0.1) is 0 Å². The molecule has 0 aliphatic rings. The van der Waals surface area contributed by atoms with Gasteiger partial charge in [-0.3, -0.25) is 15.1 Å². The summed E-state index contributed by atoms with van der Waals surface area (Å²) in [6.07, 6.45) is 3.17. The summed E-state index contributed by atoms with van der Waals surface area (Å²) in [5.74, 6) is 0.337. The van der Waals surface area contributed by atoms with E-state index < -0.39 is 0 Å². The molecule has 0 radical (unpaired) electrons. The van der Waals surface area contributed by atoms with E-state index >= 15 is 0 Å². The molecule has 3 aromatic rings. The van der Waals surface area contributed by atoms with E-state index in [9.17, 15) is 4.79 Å². The van der Waals surface area contributed by atoms with E-state index in [0.29, 0.717) is 11.5 Å². The van der Waals surface area contributed by atoms with E-state index in [0.717, 1.165) is 11.0 Å². The lowest BCUT2D eigenvalue weighted by Gasteiger charge is -2.04. The Morgan fingerprint density at radius 1 is 1.16 bits per heavy atom. The van der Waals surface area contributed by atoms with Gasteiger partial charge in [0.15, 0.2) is 0 Å². The zero-order chi connectivity index (χ0) is 13.2. The number of aryl methyl sites for hydroxylation is 1. The van der Waals surface area contributed by atoms with Crippen molar-refractivity contribution in [2.45, 2.75) is 0 Å². The lowest BCUT2D eigenvalue weighted by Crippen LogP contribution is -2.14. The molecule has 94 valence electrons. The summed E-state index contributed by atoms with van der Waals surface area (Å²) in [6.45, 7) is 0. The molecule has 0 fully saturated rings. The number of rotatable bonds is 2. The van der Waals surface area contributed by atoms with E-state index in [1.807, 2.05) is 35.9 Å². The van der Waals surface area contributed by atoms with Crippen LogP contribution in [0.15, 0.2) is 48.8 Å². The van der Waals surface area contributed by atoms with Crippen LogP contribution < -0.4 is 5.32 Å². The van der Waals surface area contributed by atoms with Gasteiger partial charge in [0.25, 0.3) is 5.91 Å². The lowest BCUT2D eigenvalue weighted by molar-refractivity contribution is 0.102. The highest BCUT2D eigenvalue weighted by Crippen LogP contribution is 2.17. The Hall–Kier alpha value is -2.69. The predicted molar refractivity (Wildman–Crippen MR) is 72.9 cm³/mol. The van der Waals surface area contributed by atoms with Crippen LogP contribution in [0, 0.1) is 0 Å². The van der Waals surface area contributed by atoms with Crippen molar-refractivity contribution in [1.29, 1.82) is 0 Å². The van der Waals surface area contributed by atoms with E-state index in [1.165, 1.54) is 0 Å². The molecular weight excluding hydrogens is 240 g/mol. The summed E-state index contributed by atoms with van der Waals surface area (Å²) >= 11 is 0. The molecule has 0 spiro atoms. The van der Waals surface area contributed by atoms with Crippen molar-refractivity contribution in [3.63, 3.8) is 0 Å². The van der Waals surface area contributed by atoms with Crippen LogP contribution in [0.2, 0.25) is 0 Å². The van der Waals surface area contributed by atoms with E-state index in [-0.39, 0.29) is 5.91 Å². The van der Waals surface area contributed by atoms with Gasteiger partial charge in [-0.05, 0) is 24.3 Å². The number of carbonyl (C=O) groups excluding carboxylic acids is 1. The topological polar surface area (TPSA) is 59.8 Å². The summed E-state index contributed by atoms with van der Waals surface area (Å²) in [5, 5.41) is 2.80. The third kappa shape index (κ3) is 2.06. The average Bonchev–Trinajstić information content (AvgIpc) is 2.77. The quantitative estimate of drug-likeness (QED) is 0.760. The van der Waals surface area contributed by atoms with Gasteiger partial charge in [-0.1, -0.05) is 12.1 Å². The van der Waals surface area contributed by atoms with Crippen LogP contribution in [0.4, 0.5) is 5.95 Å². The number of pyridine rings is 1. The highest BCUT2D eigenvalue weighted by molar-refractivity contribution is 6.03. The first-order chi connectivity index (χ1) is 9.25. The third-order valence-corrected chi connectivity index (χ3v) is 2.95. The van der Waals surface area contributed by atoms with Gasteiger partial charge in [0.1, 0.15) is 0 Å². The standard InChI is InChI=1S/C14H12N4O/c1-18-12-5-3-2-4-11(12)16-14(18)17-13(19)10-6-8-15-9-7-10/h2-9H,1H3,(H,16,17,19). The van der Waals surface area contributed by atoms with E-state index in [4.69, 9.17) is 0 Å². The van der Waals surface area contributed by atoms with Crippen LogP contribution in [-0.4, -0.2) is 20.4 Å². The number of anilines is 1. The Bertz CT molecular complexity index is 734. The van der Waals surface area contributed by atoms with Crippen molar-refractivity contribution in [2.24, 2.45) is 7.05 Å². The Morgan fingerprint density at radius 3 is 2.63 bits per heavy atom. The zero-order valence-corrected chi connectivity index (χ0v) is 10.4. The SMILES string of the molecule is Cn1c(NC(=O)c2ccncc2)nc2ccccc21. The van der Waals surface area contributed by atoms with Gasteiger partial charge in [-0.25, -0.2) is 4.98 Å². The minimum absolute atomic E-state index is 0.194. The van der Waals surface area contributed by atoms with Gasteiger partial charge in [0.2, 0.25) is 5.95 Å². The highest BCUT2D eigenvalue weighted by atomic mass is 16.1. The summed E-state index contributed by atoms with van der Waals surface area (Å²) < 4.78 is 1.86. The Balaban J connectivity index is 1.94. The van der Waals surface area contributed by atoms with Crippen LogP contribution in [0.1, 0.15) is 10.4 Å². The summed E-state index contributed by atoms with van der Waals surface area (Å²) in [7, 11) is 1.87. The van der Waals surface area contributed by atoms with Crippen molar-refractivity contribution in [3.05, 3.63) is 54.4 Å². The number of hydrogen-bond acceptors (Lipinski definition) is 3. The second kappa shape index (κ2) is 4.53. The predicted octanol–water partition coefficient (Wildman–Crippen LogP) is 2.22. The number of benzene rings is 1. The monoisotopic (exact) mass is 252 g/mol. The van der Waals surface area contributed by atoms with Gasteiger partial charge in [-0.2, -0.15) is 0 Å². The van der Waals surface area contributed by atoms with E-state index in [2.05, 4.69) is 15.3 Å². The van der Waals surface area contributed by atoms with Crippen LogP contribution in [-0.2, 0) is 7.05 Å². The first kappa shape index (κ1) is 11.4. The fourth-order valence-corrected chi connectivity index (χ4v) is 1.93. The number of carbonyl (C=O) groups is 1. The molecule has 1 N–H and O–H groups in total. The molecule has 0 saturated carbocycles. The molecule has 3 rings (SSSR count). The molecule has 0 atom stereocenters. The Kier molecular flexibility index (Phi) is 2.72. The minimum Gasteiger partial charge on any atom is -0.313 e. The van der Waals surface area contributed by atoms with Gasteiger partial charge >= 0.3 is 0 Å². The number of aromatic nitrogens is 3. The summed E-state index contributed by atoms with van der Waals surface area (Å²) in [5.41, 5.74) is 2.39. The maximum Gasteiger partial charge on any atom is 0.258 e. The van der Waals surface area contributed by atoms with Gasteiger partial charge in [0.05, 0.1) is 11.0 Å². The van der Waals surface area contributed by atoms with Crippen LogP contribution >= 0.6 is 0 Å². The molecular formula is C14H12N4O. The molecule has 1 amide bonds. The second-order valence-electron chi connectivity index (χ2n) is 4.17. The average molecular weight is 252 g/mol. The summed E-state index contributed by atoms with van der Waals surface area (Å²) in [4.78, 5) is 20.3. The molecule has 0 unspecified atom stereocenters. The van der Waals surface area contributed by atoms with E-state index in [1.54, 1.807) is 24.5 Å². The molecule has 0 bridgehead atoms. The molecule has 5 nitrogen and oxygen atoms in total. The Labute approximate surface area is 109 Å². The molecule has 5 heteroatoms. The first-order valence-corrected chi connectivity index (χ1v) is 5.88. The molecule has 0 aliphatic heterocycles. The molecule has 2 aromatic heterocycles. The summed E-state index contributed by atoms with van der Waals surface area (Å²) in [6, 6.07) is 11.1. The third-order valence-electron chi connectivity index (χ3n) is 2.95. The molecule has 0 saturated heterocycles.